The van der Waals surface area contributed by atoms with E-state index >= 15 is 0 Å². The van der Waals surface area contributed by atoms with Crippen molar-refractivity contribution in [3.63, 3.8) is 0 Å². The Morgan fingerprint density at radius 2 is 2.24 bits per heavy atom. The van der Waals surface area contributed by atoms with Gasteiger partial charge in [0.15, 0.2) is 0 Å². The molecule has 8 heteroatoms. The summed E-state index contributed by atoms with van der Waals surface area (Å²) in [6.07, 6.45) is 7.28. The third kappa shape index (κ3) is 3.15. The zero-order valence-corrected chi connectivity index (χ0v) is 11.6. The summed E-state index contributed by atoms with van der Waals surface area (Å²) in [5, 5.41) is 9.49. The van der Waals surface area contributed by atoms with Crippen LogP contribution in [0.4, 0.5) is 5.95 Å². The highest BCUT2D eigenvalue weighted by molar-refractivity contribution is 5.85. The number of carbonyl (C=O) groups is 1. The predicted molar refractivity (Wildman–Crippen MR) is 75.5 cm³/mol. The van der Waals surface area contributed by atoms with Gasteiger partial charge in [0.2, 0.25) is 11.9 Å². The van der Waals surface area contributed by atoms with E-state index in [1.165, 1.54) is 6.33 Å². The fourth-order valence-electron chi connectivity index (χ4n) is 2.49. The molecule has 1 unspecified atom stereocenters. The van der Waals surface area contributed by atoms with Crippen LogP contribution in [0, 0.1) is 0 Å². The van der Waals surface area contributed by atoms with Crippen LogP contribution in [0.1, 0.15) is 18.7 Å². The van der Waals surface area contributed by atoms with Crippen molar-refractivity contribution in [2.75, 3.05) is 18.0 Å². The van der Waals surface area contributed by atoms with Gasteiger partial charge in [0.1, 0.15) is 18.2 Å². The van der Waals surface area contributed by atoms with Crippen LogP contribution in [0.25, 0.3) is 0 Å². The van der Waals surface area contributed by atoms with Crippen LogP contribution in [-0.2, 0) is 11.2 Å². The van der Waals surface area contributed by atoms with Gasteiger partial charge >= 0.3 is 0 Å². The molecule has 8 nitrogen and oxygen atoms in total. The Morgan fingerprint density at radius 1 is 1.38 bits per heavy atom. The molecular formula is C13H17N7O. The molecule has 1 amide bonds. The van der Waals surface area contributed by atoms with Crippen LogP contribution < -0.4 is 10.2 Å². The SMILES string of the molecule is O=C(NCCc1ncn[nH]1)C1CCCN1c1ncccn1. The molecule has 0 saturated carbocycles. The lowest BCUT2D eigenvalue weighted by molar-refractivity contribution is -0.122. The third-order valence-corrected chi connectivity index (χ3v) is 3.49. The standard InChI is InChI=1S/C13H17N7O/c21-12(14-7-4-11-17-9-18-19-11)10-3-1-8-20(10)13-15-5-2-6-16-13/h2,5-6,9-10H,1,3-4,7-8H2,(H,14,21)(H,17,18,19). The smallest absolute Gasteiger partial charge is 0.242 e. The van der Waals surface area contributed by atoms with E-state index in [-0.39, 0.29) is 11.9 Å². The second-order valence-electron chi connectivity index (χ2n) is 4.87. The van der Waals surface area contributed by atoms with Crippen molar-refractivity contribution in [2.24, 2.45) is 0 Å². The Bertz CT molecular complexity index is 571. The molecule has 1 aliphatic rings. The first kappa shape index (κ1) is 13.5. The minimum absolute atomic E-state index is 0.0134. The Labute approximate surface area is 122 Å². The number of nitrogens with zero attached hydrogens (tertiary/aromatic N) is 5. The zero-order valence-electron chi connectivity index (χ0n) is 11.6. The number of carbonyl (C=O) groups excluding carboxylic acids is 1. The molecule has 1 atom stereocenters. The number of hydrogen-bond donors (Lipinski definition) is 2. The zero-order chi connectivity index (χ0) is 14.5. The van der Waals surface area contributed by atoms with Crippen molar-refractivity contribution in [2.45, 2.75) is 25.3 Å². The van der Waals surface area contributed by atoms with E-state index in [2.05, 4.69) is 30.5 Å². The fourth-order valence-corrected chi connectivity index (χ4v) is 2.49. The van der Waals surface area contributed by atoms with E-state index in [0.29, 0.717) is 18.9 Å². The average molecular weight is 287 g/mol. The highest BCUT2D eigenvalue weighted by Crippen LogP contribution is 2.21. The van der Waals surface area contributed by atoms with Crippen molar-refractivity contribution in [3.8, 4) is 0 Å². The molecule has 0 spiro atoms. The molecule has 3 rings (SSSR count). The number of aromatic amines is 1. The van der Waals surface area contributed by atoms with E-state index in [1.807, 2.05) is 4.90 Å². The number of rotatable bonds is 5. The highest BCUT2D eigenvalue weighted by Gasteiger charge is 2.32. The van der Waals surface area contributed by atoms with Crippen LogP contribution >= 0.6 is 0 Å². The van der Waals surface area contributed by atoms with Gasteiger partial charge < -0.3 is 10.2 Å². The Morgan fingerprint density at radius 3 is 3.00 bits per heavy atom. The highest BCUT2D eigenvalue weighted by atomic mass is 16.2. The molecule has 0 radical (unpaired) electrons. The molecule has 2 aromatic rings. The number of aromatic nitrogens is 5. The molecule has 110 valence electrons. The molecule has 1 fully saturated rings. The summed E-state index contributed by atoms with van der Waals surface area (Å²) < 4.78 is 0. The molecule has 2 aromatic heterocycles. The summed E-state index contributed by atoms with van der Waals surface area (Å²) in [5.41, 5.74) is 0. The van der Waals surface area contributed by atoms with E-state index < -0.39 is 0 Å². The Balaban J connectivity index is 1.56. The van der Waals surface area contributed by atoms with Gasteiger partial charge in [-0.05, 0) is 18.9 Å². The lowest BCUT2D eigenvalue weighted by atomic mass is 10.2. The maximum Gasteiger partial charge on any atom is 0.242 e. The second-order valence-corrected chi connectivity index (χ2v) is 4.87. The van der Waals surface area contributed by atoms with Gasteiger partial charge in [0.25, 0.3) is 0 Å². The molecule has 2 N–H and O–H groups in total. The number of anilines is 1. The number of amides is 1. The summed E-state index contributed by atoms with van der Waals surface area (Å²) >= 11 is 0. The van der Waals surface area contributed by atoms with E-state index in [0.717, 1.165) is 25.2 Å². The van der Waals surface area contributed by atoms with Gasteiger partial charge in [-0.1, -0.05) is 0 Å². The minimum atomic E-state index is -0.192. The summed E-state index contributed by atoms with van der Waals surface area (Å²) in [7, 11) is 0. The molecule has 1 saturated heterocycles. The van der Waals surface area contributed by atoms with Crippen molar-refractivity contribution >= 4 is 11.9 Å². The number of nitrogens with one attached hydrogen (secondary N) is 2. The summed E-state index contributed by atoms with van der Waals surface area (Å²) in [5.74, 6) is 1.40. The van der Waals surface area contributed by atoms with E-state index in [4.69, 9.17) is 0 Å². The van der Waals surface area contributed by atoms with Crippen LogP contribution in [0.3, 0.4) is 0 Å². The summed E-state index contributed by atoms with van der Waals surface area (Å²) in [6, 6.07) is 1.58. The third-order valence-electron chi connectivity index (χ3n) is 3.49. The van der Waals surface area contributed by atoms with Gasteiger partial charge in [-0.15, -0.1) is 0 Å². The fraction of sp³-hybridized carbons (Fsp3) is 0.462. The molecule has 0 aliphatic carbocycles. The molecule has 3 heterocycles. The van der Waals surface area contributed by atoms with Crippen LogP contribution in [0.5, 0.6) is 0 Å². The van der Waals surface area contributed by atoms with Gasteiger partial charge in [-0.3, -0.25) is 9.89 Å². The topological polar surface area (TPSA) is 99.7 Å². The van der Waals surface area contributed by atoms with E-state index in [9.17, 15) is 4.79 Å². The molecule has 0 bridgehead atoms. The van der Waals surface area contributed by atoms with Gasteiger partial charge in [-0.2, -0.15) is 5.10 Å². The Hall–Kier alpha value is -2.51. The van der Waals surface area contributed by atoms with Crippen LogP contribution in [0.15, 0.2) is 24.8 Å². The van der Waals surface area contributed by atoms with Gasteiger partial charge in [-0.25, -0.2) is 15.0 Å². The minimum Gasteiger partial charge on any atom is -0.354 e. The van der Waals surface area contributed by atoms with Crippen molar-refractivity contribution in [1.82, 2.24) is 30.5 Å². The average Bonchev–Trinajstić information content (AvgIpc) is 3.19. The molecular weight excluding hydrogens is 270 g/mol. The maximum atomic E-state index is 12.3. The first-order chi connectivity index (χ1) is 10.3. The Kier molecular flexibility index (Phi) is 4.04. The lowest BCUT2D eigenvalue weighted by Crippen LogP contribution is -2.44. The normalized spacial score (nSPS) is 17.9. The van der Waals surface area contributed by atoms with E-state index in [1.54, 1.807) is 18.5 Å². The van der Waals surface area contributed by atoms with Gasteiger partial charge in [0.05, 0.1) is 0 Å². The summed E-state index contributed by atoms with van der Waals surface area (Å²) in [4.78, 5) is 26.7. The number of hydrogen-bond acceptors (Lipinski definition) is 6. The largest absolute Gasteiger partial charge is 0.354 e. The van der Waals surface area contributed by atoms with Gasteiger partial charge in [0, 0.05) is 31.9 Å². The maximum absolute atomic E-state index is 12.3. The second kappa shape index (κ2) is 6.29. The first-order valence-electron chi connectivity index (χ1n) is 7.00. The molecule has 0 aromatic carbocycles. The van der Waals surface area contributed by atoms with Crippen molar-refractivity contribution < 1.29 is 4.79 Å². The lowest BCUT2D eigenvalue weighted by Gasteiger charge is -2.23. The van der Waals surface area contributed by atoms with Crippen molar-refractivity contribution in [1.29, 1.82) is 0 Å². The van der Waals surface area contributed by atoms with Crippen molar-refractivity contribution in [3.05, 3.63) is 30.6 Å². The van der Waals surface area contributed by atoms with Crippen LogP contribution in [-0.4, -0.2) is 50.2 Å². The molecule has 21 heavy (non-hydrogen) atoms. The molecule has 1 aliphatic heterocycles. The summed E-state index contributed by atoms with van der Waals surface area (Å²) in [6.45, 7) is 1.35. The van der Waals surface area contributed by atoms with Crippen LogP contribution in [0.2, 0.25) is 0 Å². The predicted octanol–water partition coefficient (Wildman–Crippen LogP) is -0.0776. The quantitative estimate of drug-likeness (QED) is 0.798. The first-order valence-corrected chi connectivity index (χ1v) is 7.00. The monoisotopic (exact) mass is 287 g/mol. The number of H-pyrrole nitrogens is 1.